The molecular weight excluding hydrogens is 178 g/mol. The van der Waals surface area contributed by atoms with Gasteiger partial charge in [0, 0.05) is 13.1 Å². The van der Waals surface area contributed by atoms with E-state index in [4.69, 9.17) is 0 Å². The highest BCUT2D eigenvalue weighted by Crippen LogP contribution is 2.37. The Morgan fingerprint density at radius 2 is 2.00 bits per heavy atom. The molecule has 1 saturated carbocycles. The van der Waals surface area contributed by atoms with Crippen LogP contribution >= 0.6 is 0 Å². The molecule has 1 N–H and O–H groups in total. The van der Waals surface area contributed by atoms with Crippen molar-refractivity contribution in [2.24, 2.45) is 11.8 Å². The van der Waals surface area contributed by atoms with Crippen LogP contribution in [0.4, 0.5) is 0 Å². The van der Waals surface area contributed by atoms with E-state index < -0.39 is 6.10 Å². The van der Waals surface area contributed by atoms with Gasteiger partial charge in [0.2, 0.25) is 0 Å². The van der Waals surface area contributed by atoms with Crippen molar-refractivity contribution in [1.29, 1.82) is 0 Å². The smallest absolute Gasteiger partial charge is 0.251 e. The molecule has 0 radical (unpaired) electrons. The normalized spacial score (nSPS) is 33.1. The number of nitrogens with zero attached hydrogens (tertiary/aromatic N) is 1. The summed E-state index contributed by atoms with van der Waals surface area (Å²) in [6.45, 7) is 3.63. The maximum atomic E-state index is 11.7. The number of fused-ring (bicyclic) bond motifs is 1. The number of aliphatic hydroxyl groups excluding tert-OH is 1. The summed E-state index contributed by atoms with van der Waals surface area (Å²) in [4.78, 5) is 13.5. The number of hydrogen-bond acceptors (Lipinski definition) is 2. The van der Waals surface area contributed by atoms with Crippen LogP contribution in [-0.4, -0.2) is 35.1 Å². The zero-order valence-electron chi connectivity index (χ0n) is 8.78. The van der Waals surface area contributed by atoms with E-state index in [9.17, 15) is 9.90 Å². The van der Waals surface area contributed by atoms with Gasteiger partial charge in [-0.2, -0.15) is 0 Å². The molecule has 3 heteroatoms. The Morgan fingerprint density at radius 3 is 2.50 bits per heavy atom. The molecule has 14 heavy (non-hydrogen) atoms. The third-order valence-corrected chi connectivity index (χ3v) is 3.71. The summed E-state index contributed by atoms with van der Waals surface area (Å²) in [5.41, 5.74) is 0. The van der Waals surface area contributed by atoms with Crippen LogP contribution in [0.3, 0.4) is 0 Å². The first-order valence-electron chi connectivity index (χ1n) is 5.69. The van der Waals surface area contributed by atoms with E-state index in [0.717, 1.165) is 24.9 Å². The van der Waals surface area contributed by atoms with Crippen molar-refractivity contribution < 1.29 is 9.90 Å². The number of rotatable bonds is 2. The van der Waals surface area contributed by atoms with Crippen LogP contribution in [-0.2, 0) is 4.79 Å². The van der Waals surface area contributed by atoms with Gasteiger partial charge in [0.25, 0.3) is 5.91 Å². The van der Waals surface area contributed by atoms with Crippen LogP contribution in [0.2, 0.25) is 0 Å². The summed E-state index contributed by atoms with van der Waals surface area (Å²) in [7, 11) is 0. The highest BCUT2D eigenvalue weighted by molar-refractivity contribution is 5.80. The fraction of sp³-hybridized carbons (Fsp3) is 0.909. The summed E-state index contributed by atoms with van der Waals surface area (Å²) in [5, 5.41) is 9.46. The zero-order valence-corrected chi connectivity index (χ0v) is 8.78. The van der Waals surface area contributed by atoms with Crippen LogP contribution in [0.15, 0.2) is 0 Å². The van der Waals surface area contributed by atoms with Gasteiger partial charge in [-0.3, -0.25) is 4.79 Å². The molecular formula is C11H19NO2. The molecule has 2 fully saturated rings. The van der Waals surface area contributed by atoms with Crippen LogP contribution in [0.25, 0.3) is 0 Å². The predicted molar refractivity (Wildman–Crippen MR) is 53.7 cm³/mol. The van der Waals surface area contributed by atoms with Crippen molar-refractivity contribution >= 4 is 5.91 Å². The van der Waals surface area contributed by atoms with Crippen molar-refractivity contribution in [2.45, 2.75) is 38.7 Å². The van der Waals surface area contributed by atoms with Gasteiger partial charge in [-0.05, 0) is 31.1 Å². The molecule has 0 aromatic carbocycles. The fourth-order valence-electron chi connectivity index (χ4n) is 2.80. The molecule has 1 aliphatic heterocycles. The van der Waals surface area contributed by atoms with Crippen molar-refractivity contribution in [1.82, 2.24) is 4.90 Å². The van der Waals surface area contributed by atoms with E-state index in [0.29, 0.717) is 6.42 Å². The Balaban J connectivity index is 1.92. The van der Waals surface area contributed by atoms with Gasteiger partial charge in [-0.15, -0.1) is 0 Å². The number of hydrogen-bond donors (Lipinski definition) is 1. The topological polar surface area (TPSA) is 40.5 Å². The molecule has 80 valence electrons. The van der Waals surface area contributed by atoms with Crippen molar-refractivity contribution in [3.8, 4) is 0 Å². The summed E-state index contributed by atoms with van der Waals surface area (Å²) in [5.74, 6) is 1.40. The number of likely N-dealkylation sites (tertiary alicyclic amines) is 1. The molecule has 0 unspecified atom stereocenters. The fourth-order valence-corrected chi connectivity index (χ4v) is 2.80. The molecule has 0 aromatic heterocycles. The average molecular weight is 197 g/mol. The van der Waals surface area contributed by atoms with Crippen LogP contribution in [0.5, 0.6) is 0 Å². The molecule has 3 atom stereocenters. The lowest BCUT2D eigenvalue weighted by Gasteiger charge is -2.19. The highest BCUT2D eigenvalue weighted by atomic mass is 16.3. The van der Waals surface area contributed by atoms with E-state index in [2.05, 4.69) is 0 Å². The lowest BCUT2D eigenvalue weighted by atomic mass is 10.0. The molecule has 1 amide bonds. The lowest BCUT2D eigenvalue weighted by Crippen LogP contribution is -2.37. The van der Waals surface area contributed by atoms with Gasteiger partial charge < -0.3 is 10.0 Å². The first kappa shape index (κ1) is 9.97. The molecule has 2 rings (SSSR count). The van der Waals surface area contributed by atoms with Gasteiger partial charge in [-0.1, -0.05) is 13.3 Å². The Kier molecular flexibility index (Phi) is 2.77. The average Bonchev–Trinajstić information content (AvgIpc) is 2.74. The Hall–Kier alpha value is -0.570. The molecule has 1 aliphatic carbocycles. The van der Waals surface area contributed by atoms with E-state index >= 15 is 0 Å². The summed E-state index contributed by atoms with van der Waals surface area (Å²) in [6, 6.07) is 0. The summed E-state index contributed by atoms with van der Waals surface area (Å²) >= 11 is 0. The number of carbonyl (C=O) groups excluding carboxylic acids is 1. The van der Waals surface area contributed by atoms with Crippen molar-refractivity contribution in [3.05, 3.63) is 0 Å². The van der Waals surface area contributed by atoms with Gasteiger partial charge in [-0.25, -0.2) is 0 Å². The minimum atomic E-state index is -0.770. The number of carbonyl (C=O) groups is 1. The first-order valence-corrected chi connectivity index (χ1v) is 5.69. The minimum absolute atomic E-state index is 0.0538. The third-order valence-electron chi connectivity index (χ3n) is 3.71. The van der Waals surface area contributed by atoms with Crippen molar-refractivity contribution in [3.63, 3.8) is 0 Å². The Morgan fingerprint density at radius 1 is 1.43 bits per heavy atom. The molecule has 1 heterocycles. The summed E-state index contributed by atoms with van der Waals surface area (Å²) in [6.07, 6.45) is 3.64. The standard InChI is InChI=1S/C11H19NO2/c1-2-10(13)11(14)12-6-8-4-3-5-9(8)7-12/h8-10,13H,2-7H2,1H3/t8-,9+,10-/m0/s1. The van der Waals surface area contributed by atoms with Crippen LogP contribution in [0, 0.1) is 11.8 Å². The second kappa shape index (κ2) is 3.89. The third kappa shape index (κ3) is 1.65. The zero-order chi connectivity index (χ0) is 10.1. The number of amides is 1. The highest BCUT2D eigenvalue weighted by Gasteiger charge is 2.38. The maximum absolute atomic E-state index is 11.7. The van der Waals surface area contributed by atoms with E-state index in [1.807, 2.05) is 11.8 Å². The molecule has 0 aromatic rings. The largest absolute Gasteiger partial charge is 0.383 e. The molecule has 3 nitrogen and oxygen atoms in total. The van der Waals surface area contributed by atoms with Gasteiger partial charge in [0.1, 0.15) is 6.10 Å². The lowest BCUT2D eigenvalue weighted by molar-refractivity contribution is -0.139. The van der Waals surface area contributed by atoms with E-state index in [1.165, 1.54) is 19.3 Å². The van der Waals surface area contributed by atoms with E-state index in [1.54, 1.807) is 0 Å². The monoisotopic (exact) mass is 197 g/mol. The molecule has 1 saturated heterocycles. The minimum Gasteiger partial charge on any atom is -0.383 e. The van der Waals surface area contributed by atoms with Gasteiger partial charge >= 0.3 is 0 Å². The molecule has 0 spiro atoms. The van der Waals surface area contributed by atoms with Crippen LogP contribution < -0.4 is 0 Å². The second-order valence-electron chi connectivity index (χ2n) is 4.62. The van der Waals surface area contributed by atoms with Gasteiger partial charge in [0.05, 0.1) is 0 Å². The molecule has 0 bridgehead atoms. The van der Waals surface area contributed by atoms with E-state index in [-0.39, 0.29) is 5.91 Å². The Bertz CT molecular complexity index is 217. The number of aliphatic hydroxyl groups is 1. The quantitative estimate of drug-likeness (QED) is 0.718. The SMILES string of the molecule is CC[C@H](O)C(=O)N1C[C@H]2CCC[C@H]2C1. The first-order chi connectivity index (χ1) is 6.72. The predicted octanol–water partition coefficient (Wildman–Crippen LogP) is 1.02. The molecule has 2 aliphatic rings. The van der Waals surface area contributed by atoms with Gasteiger partial charge in [0.15, 0.2) is 0 Å². The Labute approximate surface area is 85.1 Å². The van der Waals surface area contributed by atoms with Crippen molar-refractivity contribution in [2.75, 3.05) is 13.1 Å². The maximum Gasteiger partial charge on any atom is 0.251 e. The van der Waals surface area contributed by atoms with Crippen LogP contribution in [0.1, 0.15) is 32.6 Å². The summed E-state index contributed by atoms with van der Waals surface area (Å²) < 4.78 is 0. The second-order valence-corrected chi connectivity index (χ2v) is 4.62.